The molecule has 3 heterocycles. The summed E-state index contributed by atoms with van der Waals surface area (Å²) in [6.45, 7) is 0.447. The van der Waals surface area contributed by atoms with Gasteiger partial charge in [-0.15, -0.1) is 34.0 Å². The molecule has 1 N–H and O–H groups in total. The molecule has 152 valence electrons. The van der Waals surface area contributed by atoms with Gasteiger partial charge in [-0.05, 0) is 47.2 Å². The summed E-state index contributed by atoms with van der Waals surface area (Å²) < 4.78 is 0. The van der Waals surface area contributed by atoms with Crippen LogP contribution in [0.4, 0.5) is 0 Å². The zero-order valence-electron chi connectivity index (χ0n) is 16.1. The van der Waals surface area contributed by atoms with Gasteiger partial charge in [0.2, 0.25) is 11.8 Å². The van der Waals surface area contributed by atoms with Gasteiger partial charge in [0, 0.05) is 20.7 Å². The van der Waals surface area contributed by atoms with Crippen LogP contribution in [0.3, 0.4) is 0 Å². The lowest BCUT2D eigenvalue weighted by Crippen LogP contribution is -2.45. The van der Waals surface area contributed by atoms with Crippen molar-refractivity contribution in [2.24, 2.45) is 0 Å². The molecular formula is C22H24N2O2S3. The molecule has 1 fully saturated rings. The van der Waals surface area contributed by atoms with Gasteiger partial charge in [0.05, 0.1) is 13.0 Å². The number of carbonyl (C=O) groups excluding carboxylic acids is 2. The van der Waals surface area contributed by atoms with Crippen LogP contribution in [0.5, 0.6) is 0 Å². The minimum Gasteiger partial charge on any atom is -0.351 e. The van der Waals surface area contributed by atoms with E-state index in [1.54, 1.807) is 27.6 Å². The molecule has 2 amide bonds. The number of nitrogens with one attached hydrogen (secondary N) is 1. The van der Waals surface area contributed by atoms with Crippen molar-refractivity contribution in [2.75, 3.05) is 0 Å². The predicted molar refractivity (Wildman–Crippen MR) is 120 cm³/mol. The zero-order valence-corrected chi connectivity index (χ0v) is 18.5. The van der Waals surface area contributed by atoms with Crippen LogP contribution in [0, 0.1) is 0 Å². The molecule has 0 spiro atoms. The topological polar surface area (TPSA) is 49.4 Å². The average molecular weight is 445 g/mol. The van der Waals surface area contributed by atoms with Crippen molar-refractivity contribution in [1.29, 1.82) is 0 Å². The molecule has 4 nitrogen and oxygen atoms in total. The highest BCUT2D eigenvalue weighted by Crippen LogP contribution is 2.30. The fraction of sp³-hybridized carbons (Fsp3) is 0.364. The van der Waals surface area contributed by atoms with Crippen molar-refractivity contribution in [2.45, 2.75) is 50.7 Å². The second-order valence-corrected chi connectivity index (χ2v) is 10.3. The molecule has 1 aliphatic rings. The molecule has 3 aromatic heterocycles. The smallest absolute Gasteiger partial charge is 0.248 e. The summed E-state index contributed by atoms with van der Waals surface area (Å²) in [4.78, 5) is 31.5. The van der Waals surface area contributed by atoms with Crippen LogP contribution in [-0.2, 0) is 22.6 Å². The lowest BCUT2D eigenvalue weighted by molar-refractivity contribution is -0.141. The standard InChI is InChI=1S/C22H24N2O2S3/c25-20(14-17-8-3-11-27-17)24(15-18-9-4-12-28-18)21(19-10-5-13-29-19)22(26)23-16-6-1-2-7-16/h3-5,8-13,16,21H,1-2,6-7,14-15H2,(H,23,26)/t21-/m1/s1. The van der Waals surface area contributed by atoms with Crippen LogP contribution in [-0.4, -0.2) is 22.8 Å². The Hall–Kier alpha value is -1.96. The van der Waals surface area contributed by atoms with Gasteiger partial charge in [-0.1, -0.05) is 31.0 Å². The van der Waals surface area contributed by atoms with E-state index in [2.05, 4.69) is 5.32 Å². The monoisotopic (exact) mass is 444 g/mol. The Labute approximate surface area is 183 Å². The van der Waals surface area contributed by atoms with Gasteiger partial charge in [0.25, 0.3) is 0 Å². The van der Waals surface area contributed by atoms with Gasteiger partial charge < -0.3 is 10.2 Å². The summed E-state index contributed by atoms with van der Waals surface area (Å²) in [5, 5.41) is 9.18. The molecule has 29 heavy (non-hydrogen) atoms. The fourth-order valence-corrected chi connectivity index (χ4v) is 6.01. The Bertz CT molecular complexity index is 898. The van der Waals surface area contributed by atoms with E-state index in [4.69, 9.17) is 0 Å². The molecule has 1 aliphatic carbocycles. The van der Waals surface area contributed by atoms with Gasteiger partial charge >= 0.3 is 0 Å². The Kier molecular flexibility index (Phi) is 6.79. The van der Waals surface area contributed by atoms with Crippen LogP contribution in [0.1, 0.15) is 46.4 Å². The minimum atomic E-state index is -0.592. The van der Waals surface area contributed by atoms with Gasteiger partial charge in [-0.2, -0.15) is 0 Å². The predicted octanol–water partition coefficient (Wildman–Crippen LogP) is 5.24. The third-order valence-electron chi connectivity index (χ3n) is 5.21. The first kappa shape index (κ1) is 20.3. The molecule has 1 atom stereocenters. The Morgan fingerprint density at radius 2 is 1.62 bits per heavy atom. The largest absolute Gasteiger partial charge is 0.351 e. The van der Waals surface area contributed by atoms with Crippen molar-refractivity contribution in [3.8, 4) is 0 Å². The van der Waals surface area contributed by atoms with E-state index in [9.17, 15) is 9.59 Å². The third kappa shape index (κ3) is 5.15. The first-order valence-electron chi connectivity index (χ1n) is 9.88. The van der Waals surface area contributed by atoms with Crippen molar-refractivity contribution < 1.29 is 9.59 Å². The zero-order chi connectivity index (χ0) is 20.1. The molecule has 3 aromatic rings. The lowest BCUT2D eigenvalue weighted by atomic mass is 10.1. The van der Waals surface area contributed by atoms with Gasteiger partial charge in [-0.25, -0.2) is 0 Å². The van der Waals surface area contributed by atoms with E-state index < -0.39 is 6.04 Å². The maximum absolute atomic E-state index is 13.4. The Balaban J connectivity index is 1.62. The Morgan fingerprint density at radius 1 is 0.966 bits per heavy atom. The number of thiophene rings is 3. The summed E-state index contributed by atoms with van der Waals surface area (Å²) in [5.74, 6) is -0.0729. The highest BCUT2D eigenvalue weighted by molar-refractivity contribution is 7.10. The summed E-state index contributed by atoms with van der Waals surface area (Å²) >= 11 is 4.73. The summed E-state index contributed by atoms with van der Waals surface area (Å²) in [5.41, 5.74) is 0. The molecule has 0 saturated heterocycles. The molecular weight excluding hydrogens is 420 g/mol. The van der Waals surface area contributed by atoms with Crippen molar-refractivity contribution in [3.63, 3.8) is 0 Å². The van der Waals surface area contributed by atoms with E-state index >= 15 is 0 Å². The van der Waals surface area contributed by atoms with Crippen LogP contribution >= 0.6 is 34.0 Å². The quantitative estimate of drug-likeness (QED) is 0.516. The number of amides is 2. The van der Waals surface area contributed by atoms with Crippen LogP contribution < -0.4 is 5.32 Å². The van der Waals surface area contributed by atoms with Gasteiger partial charge in [0.1, 0.15) is 6.04 Å². The summed E-state index contributed by atoms with van der Waals surface area (Å²) in [6, 6.07) is 11.5. The second kappa shape index (κ2) is 9.69. The molecule has 0 aromatic carbocycles. The average Bonchev–Trinajstić information content (AvgIpc) is 3.49. The number of hydrogen-bond acceptors (Lipinski definition) is 5. The normalized spacial score (nSPS) is 15.3. The fourth-order valence-electron chi connectivity index (χ4n) is 3.78. The highest BCUT2D eigenvalue weighted by Gasteiger charge is 2.34. The maximum atomic E-state index is 13.4. The molecule has 1 saturated carbocycles. The van der Waals surface area contributed by atoms with Crippen molar-refractivity contribution >= 4 is 45.8 Å². The van der Waals surface area contributed by atoms with Crippen LogP contribution in [0.25, 0.3) is 0 Å². The second-order valence-electron chi connectivity index (χ2n) is 7.27. The van der Waals surface area contributed by atoms with E-state index in [-0.39, 0.29) is 17.9 Å². The third-order valence-corrected chi connectivity index (χ3v) is 7.87. The van der Waals surface area contributed by atoms with Crippen LogP contribution in [0.2, 0.25) is 0 Å². The SMILES string of the molecule is O=C(NC1CCCC1)[C@@H](c1cccs1)N(Cc1cccs1)C(=O)Cc1cccs1. The first-order valence-corrected chi connectivity index (χ1v) is 12.5. The van der Waals surface area contributed by atoms with Crippen LogP contribution in [0.15, 0.2) is 52.5 Å². The molecule has 0 aliphatic heterocycles. The molecule has 0 radical (unpaired) electrons. The molecule has 0 bridgehead atoms. The number of nitrogens with zero attached hydrogens (tertiary/aromatic N) is 1. The lowest BCUT2D eigenvalue weighted by Gasteiger charge is -2.31. The van der Waals surface area contributed by atoms with E-state index in [1.807, 2.05) is 52.5 Å². The number of carbonyl (C=O) groups is 2. The molecule has 0 unspecified atom stereocenters. The maximum Gasteiger partial charge on any atom is 0.248 e. The number of hydrogen-bond donors (Lipinski definition) is 1. The summed E-state index contributed by atoms with van der Waals surface area (Å²) in [6.07, 6.45) is 4.69. The van der Waals surface area contributed by atoms with Gasteiger partial charge in [0.15, 0.2) is 0 Å². The summed E-state index contributed by atoms with van der Waals surface area (Å²) in [7, 11) is 0. The van der Waals surface area contributed by atoms with E-state index in [1.165, 1.54) is 11.3 Å². The van der Waals surface area contributed by atoms with Crippen molar-refractivity contribution in [3.05, 3.63) is 67.2 Å². The molecule has 7 heteroatoms. The Morgan fingerprint density at radius 3 is 2.24 bits per heavy atom. The molecule has 4 rings (SSSR count). The van der Waals surface area contributed by atoms with E-state index in [0.29, 0.717) is 13.0 Å². The minimum absolute atomic E-state index is 0.0131. The van der Waals surface area contributed by atoms with Crippen molar-refractivity contribution in [1.82, 2.24) is 10.2 Å². The van der Waals surface area contributed by atoms with Gasteiger partial charge in [-0.3, -0.25) is 9.59 Å². The number of rotatable bonds is 8. The highest BCUT2D eigenvalue weighted by atomic mass is 32.1. The first-order chi connectivity index (χ1) is 14.2. The van der Waals surface area contributed by atoms with E-state index in [0.717, 1.165) is 40.3 Å².